The highest BCUT2D eigenvalue weighted by Gasteiger charge is 2.39. The molecule has 0 saturated carbocycles. The first-order valence-electron chi connectivity index (χ1n) is 4.54. The Balaban J connectivity index is 2.14. The Hall–Kier alpha value is -1.22. The molecular formula is C9H4BrF3N2O2S. The minimum Gasteiger partial charge on any atom is -0.338 e. The van der Waals surface area contributed by atoms with Crippen LogP contribution >= 0.6 is 27.3 Å². The molecule has 0 aliphatic carbocycles. The van der Waals surface area contributed by atoms with Gasteiger partial charge in [-0.15, -0.1) is 11.3 Å². The van der Waals surface area contributed by atoms with Gasteiger partial charge >= 0.3 is 6.18 Å². The molecular weight excluding hydrogens is 337 g/mol. The van der Waals surface area contributed by atoms with Crippen molar-refractivity contribution in [2.24, 2.45) is 0 Å². The predicted octanol–water partition coefficient (Wildman–Crippen LogP) is 3.23. The molecule has 2 heterocycles. The molecule has 0 saturated heterocycles. The van der Waals surface area contributed by atoms with Crippen LogP contribution in [-0.4, -0.2) is 22.1 Å². The van der Waals surface area contributed by atoms with Crippen molar-refractivity contribution < 1.29 is 22.5 Å². The summed E-state index contributed by atoms with van der Waals surface area (Å²) in [6.07, 6.45) is -5.83. The molecule has 0 aliphatic heterocycles. The standard InChI is InChI=1S/C9H4BrF3N2O2S/c10-6-2-1-4(18-6)8-14-7(17-15-8)3-5(16)9(11,12)13/h1-2H,3H2. The SMILES string of the molecule is O=C(Cc1nc(-c2ccc(Br)s2)no1)C(F)(F)F. The molecule has 96 valence electrons. The quantitative estimate of drug-likeness (QED) is 0.860. The Morgan fingerprint density at radius 2 is 2.17 bits per heavy atom. The fraction of sp³-hybridized carbons (Fsp3) is 0.222. The lowest BCUT2D eigenvalue weighted by atomic mass is 10.3. The number of aromatic nitrogens is 2. The minimum atomic E-state index is -4.89. The fourth-order valence-electron chi connectivity index (χ4n) is 1.10. The van der Waals surface area contributed by atoms with Crippen molar-refractivity contribution >= 4 is 33.0 Å². The average Bonchev–Trinajstić information content (AvgIpc) is 2.85. The van der Waals surface area contributed by atoms with Gasteiger partial charge in [0.25, 0.3) is 0 Å². The van der Waals surface area contributed by atoms with E-state index in [9.17, 15) is 18.0 Å². The van der Waals surface area contributed by atoms with E-state index in [1.165, 1.54) is 11.3 Å². The number of Topliss-reactive ketones (excluding diaryl/α,β-unsaturated/α-hetero) is 1. The largest absolute Gasteiger partial charge is 0.450 e. The van der Waals surface area contributed by atoms with Crippen molar-refractivity contribution in [1.82, 2.24) is 10.1 Å². The van der Waals surface area contributed by atoms with Crippen molar-refractivity contribution in [3.63, 3.8) is 0 Å². The molecule has 0 unspecified atom stereocenters. The van der Waals surface area contributed by atoms with Crippen LogP contribution in [0, 0.1) is 0 Å². The summed E-state index contributed by atoms with van der Waals surface area (Å²) in [7, 11) is 0. The first-order valence-corrected chi connectivity index (χ1v) is 6.15. The van der Waals surface area contributed by atoms with Crippen LogP contribution < -0.4 is 0 Å². The van der Waals surface area contributed by atoms with E-state index in [4.69, 9.17) is 0 Å². The van der Waals surface area contributed by atoms with E-state index < -0.39 is 18.4 Å². The first kappa shape index (κ1) is 13.2. The number of rotatable bonds is 3. The maximum atomic E-state index is 12.0. The predicted molar refractivity (Wildman–Crippen MR) is 60.1 cm³/mol. The van der Waals surface area contributed by atoms with E-state index in [1.54, 1.807) is 12.1 Å². The normalized spacial score (nSPS) is 11.8. The molecule has 4 nitrogen and oxygen atoms in total. The molecule has 0 radical (unpaired) electrons. The van der Waals surface area contributed by atoms with Gasteiger partial charge in [0.15, 0.2) is 0 Å². The Bertz CT molecular complexity index is 578. The van der Waals surface area contributed by atoms with Gasteiger partial charge < -0.3 is 4.52 Å². The highest BCUT2D eigenvalue weighted by atomic mass is 79.9. The summed E-state index contributed by atoms with van der Waals surface area (Å²) in [4.78, 5) is 15.1. The van der Waals surface area contributed by atoms with E-state index in [0.717, 1.165) is 3.79 Å². The van der Waals surface area contributed by atoms with Gasteiger partial charge in [-0.1, -0.05) is 5.16 Å². The highest BCUT2D eigenvalue weighted by Crippen LogP contribution is 2.29. The Labute approximate surface area is 111 Å². The zero-order chi connectivity index (χ0) is 13.3. The van der Waals surface area contributed by atoms with Crippen molar-refractivity contribution in [3.8, 4) is 10.7 Å². The summed E-state index contributed by atoms with van der Waals surface area (Å²) in [6, 6.07) is 3.44. The second-order valence-corrected chi connectivity index (χ2v) is 5.68. The number of ketones is 1. The van der Waals surface area contributed by atoms with Gasteiger partial charge in [0.05, 0.1) is 15.1 Å². The van der Waals surface area contributed by atoms with Gasteiger partial charge in [0.1, 0.15) is 0 Å². The smallest absolute Gasteiger partial charge is 0.338 e. The van der Waals surface area contributed by atoms with Crippen molar-refractivity contribution in [3.05, 3.63) is 21.8 Å². The van der Waals surface area contributed by atoms with Crippen LogP contribution in [-0.2, 0) is 11.2 Å². The van der Waals surface area contributed by atoms with E-state index in [1.807, 2.05) is 0 Å². The third-order valence-electron chi connectivity index (χ3n) is 1.89. The maximum absolute atomic E-state index is 12.0. The third-order valence-corrected chi connectivity index (χ3v) is 3.51. The lowest BCUT2D eigenvalue weighted by Gasteiger charge is -2.00. The fourth-order valence-corrected chi connectivity index (χ4v) is 2.41. The van der Waals surface area contributed by atoms with Crippen LogP contribution in [0.25, 0.3) is 10.7 Å². The lowest BCUT2D eigenvalue weighted by Crippen LogP contribution is -2.24. The van der Waals surface area contributed by atoms with E-state index in [-0.39, 0.29) is 11.7 Å². The molecule has 0 spiro atoms. The molecule has 0 aliphatic rings. The zero-order valence-corrected chi connectivity index (χ0v) is 10.9. The lowest BCUT2D eigenvalue weighted by molar-refractivity contribution is -0.170. The summed E-state index contributed by atoms with van der Waals surface area (Å²) in [5.74, 6) is -2.10. The van der Waals surface area contributed by atoms with Gasteiger partial charge in [-0.3, -0.25) is 4.79 Å². The molecule has 2 rings (SSSR count). The van der Waals surface area contributed by atoms with Crippen LogP contribution in [0.4, 0.5) is 13.2 Å². The number of carbonyl (C=O) groups excluding carboxylic acids is 1. The molecule has 0 aromatic carbocycles. The third kappa shape index (κ3) is 2.96. The van der Waals surface area contributed by atoms with Crippen LogP contribution in [0.1, 0.15) is 5.89 Å². The van der Waals surface area contributed by atoms with Gasteiger partial charge in [0.2, 0.25) is 17.5 Å². The Morgan fingerprint density at radius 1 is 1.44 bits per heavy atom. The van der Waals surface area contributed by atoms with Crippen LogP contribution in [0.2, 0.25) is 0 Å². The molecule has 18 heavy (non-hydrogen) atoms. The van der Waals surface area contributed by atoms with Crippen molar-refractivity contribution in [2.75, 3.05) is 0 Å². The second kappa shape index (κ2) is 4.81. The second-order valence-electron chi connectivity index (χ2n) is 3.21. The summed E-state index contributed by atoms with van der Waals surface area (Å²) in [5.41, 5.74) is 0. The van der Waals surface area contributed by atoms with Crippen LogP contribution in [0.3, 0.4) is 0 Å². The number of carbonyl (C=O) groups is 1. The molecule has 0 bridgehead atoms. The molecule has 0 N–H and O–H groups in total. The Morgan fingerprint density at radius 3 is 2.72 bits per heavy atom. The number of hydrogen-bond donors (Lipinski definition) is 0. The van der Waals surface area contributed by atoms with Gasteiger partial charge in [0, 0.05) is 0 Å². The molecule has 2 aromatic heterocycles. The zero-order valence-electron chi connectivity index (χ0n) is 8.49. The van der Waals surface area contributed by atoms with E-state index >= 15 is 0 Å². The van der Waals surface area contributed by atoms with Gasteiger partial charge in [-0.05, 0) is 28.1 Å². The van der Waals surface area contributed by atoms with Gasteiger partial charge in [-0.2, -0.15) is 18.2 Å². The summed E-state index contributed by atoms with van der Waals surface area (Å²) in [6.45, 7) is 0. The maximum Gasteiger partial charge on any atom is 0.450 e. The molecule has 2 aromatic rings. The number of halogens is 4. The minimum absolute atomic E-state index is 0.163. The summed E-state index contributed by atoms with van der Waals surface area (Å²) < 4.78 is 41.5. The van der Waals surface area contributed by atoms with E-state index in [2.05, 4.69) is 30.6 Å². The van der Waals surface area contributed by atoms with Crippen molar-refractivity contribution in [2.45, 2.75) is 12.6 Å². The number of thiophene rings is 1. The highest BCUT2D eigenvalue weighted by molar-refractivity contribution is 9.11. The van der Waals surface area contributed by atoms with Crippen molar-refractivity contribution in [1.29, 1.82) is 0 Å². The first-order chi connectivity index (χ1) is 8.36. The topological polar surface area (TPSA) is 56.0 Å². The summed E-state index contributed by atoms with van der Waals surface area (Å²) in [5, 5.41) is 3.52. The van der Waals surface area contributed by atoms with Crippen LogP contribution in [0.15, 0.2) is 20.4 Å². The molecule has 0 fully saturated rings. The number of hydrogen-bond acceptors (Lipinski definition) is 5. The number of nitrogens with zero attached hydrogens (tertiary/aromatic N) is 2. The molecule has 0 atom stereocenters. The summed E-state index contributed by atoms with van der Waals surface area (Å²) >= 11 is 4.54. The Kier molecular flexibility index (Phi) is 3.53. The van der Waals surface area contributed by atoms with E-state index in [0.29, 0.717) is 4.88 Å². The molecule has 0 amide bonds. The molecule has 9 heteroatoms. The monoisotopic (exact) mass is 340 g/mol. The average molecular weight is 341 g/mol. The van der Waals surface area contributed by atoms with Crippen LogP contribution in [0.5, 0.6) is 0 Å². The number of alkyl halides is 3. The van der Waals surface area contributed by atoms with Gasteiger partial charge in [-0.25, -0.2) is 0 Å².